The first-order chi connectivity index (χ1) is 9.25. The lowest BCUT2D eigenvalue weighted by molar-refractivity contribution is -0.140. The number of anilines is 1. The molecule has 0 saturated heterocycles. The van der Waals surface area contributed by atoms with E-state index in [1.807, 2.05) is 0 Å². The highest BCUT2D eigenvalue weighted by atomic mass is 79.9. The van der Waals surface area contributed by atoms with Gasteiger partial charge in [0.15, 0.2) is 10.8 Å². The molecule has 1 amide bonds. The molecular formula is C11H7BrF3N3OS. The van der Waals surface area contributed by atoms with Crippen LogP contribution in [0.2, 0.25) is 0 Å². The van der Waals surface area contributed by atoms with Crippen LogP contribution in [0.25, 0.3) is 0 Å². The van der Waals surface area contributed by atoms with Crippen molar-refractivity contribution < 1.29 is 18.0 Å². The summed E-state index contributed by atoms with van der Waals surface area (Å²) < 4.78 is 37.8. The molecule has 0 aliphatic heterocycles. The summed E-state index contributed by atoms with van der Waals surface area (Å²) >= 11 is 3.92. The van der Waals surface area contributed by atoms with E-state index < -0.39 is 17.8 Å². The number of hydrogen-bond donors (Lipinski definition) is 1. The number of carbonyl (C=O) groups excluding carboxylic acids is 1. The molecule has 0 radical (unpaired) electrons. The highest BCUT2D eigenvalue weighted by Gasteiger charge is 2.33. The van der Waals surface area contributed by atoms with Crippen LogP contribution in [0.4, 0.5) is 18.3 Å². The van der Waals surface area contributed by atoms with Gasteiger partial charge in [-0.3, -0.25) is 10.1 Å². The summed E-state index contributed by atoms with van der Waals surface area (Å²) in [6.07, 6.45) is -4.52. The summed E-state index contributed by atoms with van der Waals surface area (Å²) in [5.74, 6) is -0.613. The van der Waals surface area contributed by atoms with Gasteiger partial charge >= 0.3 is 6.18 Å². The van der Waals surface area contributed by atoms with Crippen molar-refractivity contribution in [2.45, 2.75) is 13.1 Å². The Morgan fingerprint density at radius 2 is 2.05 bits per heavy atom. The van der Waals surface area contributed by atoms with Crippen LogP contribution in [-0.2, 0) is 6.18 Å². The summed E-state index contributed by atoms with van der Waals surface area (Å²) in [5, 5.41) is 3.01. The van der Waals surface area contributed by atoms with E-state index in [0.29, 0.717) is 21.5 Å². The molecule has 0 unspecified atom stereocenters. The smallest absolute Gasteiger partial charge is 0.296 e. The quantitative estimate of drug-likeness (QED) is 0.878. The number of amides is 1. The van der Waals surface area contributed by atoms with Gasteiger partial charge in [-0.2, -0.15) is 13.2 Å². The zero-order valence-corrected chi connectivity index (χ0v) is 12.4. The summed E-state index contributed by atoms with van der Waals surface area (Å²) in [5.41, 5.74) is -0.323. The second-order valence-electron chi connectivity index (χ2n) is 3.80. The van der Waals surface area contributed by atoms with Crippen LogP contribution in [0.15, 0.2) is 22.0 Å². The van der Waals surface area contributed by atoms with Crippen molar-refractivity contribution in [2.24, 2.45) is 0 Å². The van der Waals surface area contributed by atoms with Crippen LogP contribution >= 0.6 is 27.3 Å². The standard InChI is InChI=1S/C11H7BrF3N3OS/c1-5-2-6(12)3-7(16-5)9(19)18-10-17-8(4-20-10)11(13,14)15/h2-4H,1H3,(H,17,18,19). The van der Waals surface area contributed by atoms with Crippen LogP contribution < -0.4 is 5.32 Å². The van der Waals surface area contributed by atoms with Crippen molar-refractivity contribution in [3.8, 4) is 0 Å². The predicted octanol–water partition coefficient (Wildman–Crippen LogP) is 3.88. The molecule has 0 bridgehead atoms. The normalized spacial score (nSPS) is 11.4. The summed E-state index contributed by atoms with van der Waals surface area (Å²) in [6.45, 7) is 1.70. The minimum atomic E-state index is -4.52. The highest BCUT2D eigenvalue weighted by molar-refractivity contribution is 9.10. The number of nitrogens with one attached hydrogen (secondary N) is 1. The van der Waals surface area contributed by atoms with E-state index >= 15 is 0 Å². The number of pyridine rings is 1. The number of carbonyl (C=O) groups is 1. The molecule has 20 heavy (non-hydrogen) atoms. The van der Waals surface area contributed by atoms with Crippen molar-refractivity contribution in [1.82, 2.24) is 9.97 Å². The molecule has 0 aliphatic carbocycles. The Kier molecular flexibility index (Phi) is 4.09. The van der Waals surface area contributed by atoms with Gasteiger partial charge in [-0.05, 0) is 19.1 Å². The monoisotopic (exact) mass is 365 g/mol. The fraction of sp³-hybridized carbons (Fsp3) is 0.182. The second kappa shape index (κ2) is 5.49. The minimum Gasteiger partial charge on any atom is -0.296 e. The minimum absolute atomic E-state index is 0.0978. The highest BCUT2D eigenvalue weighted by Crippen LogP contribution is 2.31. The number of halogens is 4. The SMILES string of the molecule is Cc1cc(Br)cc(C(=O)Nc2nc(C(F)(F)F)cs2)n1. The molecule has 0 atom stereocenters. The first kappa shape index (κ1) is 14.9. The largest absolute Gasteiger partial charge is 0.434 e. The molecule has 1 N–H and O–H groups in total. The van der Waals surface area contributed by atoms with Gasteiger partial charge in [0, 0.05) is 15.5 Å². The Labute approximate surface area is 124 Å². The third-order valence-electron chi connectivity index (χ3n) is 2.17. The van der Waals surface area contributed by atoms with Crippen LogP contribution in [0.5, 0.6) is 0 Å². The zero-order valence-electron chi connectivity index (χ0n) is 9.95. The third kappa shape index (κ3) is 3.54. The molecule has 2 aromatic rings. The molecule has 4 nitrogen and oxygen atoms in total. The Morgan fingerprint density at radius 1 is 1.35 bits per heavy atom. The maximum Gasteiger partial charge on any atom is 0.434 e. The molecule has 0 aromatic carbocycles. The van der Waals surface area contributed by atoms with E-state index in [4.69, 9.17) is 0 Å². The molecular weight excluding hydrogens is 359 g/mol. The molecule has 2 heterocycles. The maximum absolute atomic E-state index is 12.4. The second-order valence-corrected chi connectivity index (χ2v) is 5.58. The van der Waals surface area contributed by atoms with Gasteiger partial charge in [0.05, 0.1) is 0 Å². The van der Waals surface area contributed by atoms with Gasteiger partial charge < -0.3 is 0 Å². The van der Waals surface area contributed by atoms with Crippen molar-refractivity contribution in [2.75, 3.05) is 5.32 Å². The first-order valence-corrected chi connectivity index (χ1v) is 6.91. The van der Waals surface area contributed by atoms with Crippen LogP contribution in [0, 0.1) is 6.92 Å². The molecule has 0 fully saturated rings. The molecule has 0 spiro atoms. The van der Waals surface area contributed by atoms with Crippen molar-refractivity contribution in [3.05, 3.63) is 39.1 Å². The number of rotatable bonds is 2. The van der Waals surface area contributed by atoms with Crippen molar-refractivity contribution in [3.63, 3.8) is 0 Å². The molecule has 0 aliphatic rings. The first-order valence-electron chi connectivity index (χ1n) is 5.24. The number of aryl methyl sites for hydroxylation is 1. The lowest BCUT2D eigenvalue weighted by atomic mass is 10.3. The fourth-order valence-electron chi connectivity index (χ4n) is 1.37. The number of aromatic nitrogens is 2. The zero-order chi connectivity index (χ0) is 14.9. The topological polar surface area (TPSA) is 54.9 Å². The summed E-state index contributed by atoms with van der Waals surface area (Å²) in [7, 11) is 0. The van der Waals surface area contributed by atoms with E-state index in [1.54, 1.807) is 13.0 Å². The van der Waals surface area contributed by atoms with Crippen LogP contribution in [0.3, 0.4) is 0 Å². The van der Waals surface area contributed by atoms with Crippen LogP contribution in [0.1, 0.15) is 21.9 Å². The predicted molar refractivity (Wildman–Crippen MR) is 71.7 cm³/mol. The average Bonchev–Trinajstić information content (AvgIpc) is 2.75. The van der Waals surface area contributed by atoms with Crippen LogP contribution in [-0.4, -0.2) is 15.9 Å². The van der Waals surface area contributed by atoms with E-state index in [0.717, 1.165) is 5.38 Å². The Bertz CT molecular complexity index is 636. The van der Waals surface area contributed by atoms with Gasteiger partial charge in [0.25, 0.3) is 5.91 Å². The lowest BCUT2D eigenvalue weighted by Crippen LogP contribution is -2.14. The molecule has 2 aromatic heterocycles. The van der Waals surface area contributed by atoms with E-state index in [-0.39, 0.29) is 10.8 Å². The molecule has 106 valence electrons. The van der Waals surface area contributed by atoms with Gasteiger partial charge in [0.2, 0.25) is 0 Å². The maximum atomic E-state index is 12.4. The Morgan fingerprint density at radius 3 is 2.60 bits per heavy atom. The number of thiazole rings is 1. The third-order valence-corrected chi connectivity index (χ3v) is 3.38. The Balaban J connectivity index is 2.17. The van der Waals surface area contributed by atoms with E-state index in [9.17, 15) is 18.0 Å². The summed E-state index contributed by atoms with van der Waals surface area (Å²) in [4.78, 5) is 19.2. The summed E-state index contributed by atoms with van der Waals surface area (Å²) in [6, 6.07) is 3.18. The molecule has 9 heteroatoms. The van der Waals surface area contributed by atoms with Crippen molar-refractivity contribution in [1.29, 1.82) is 0 Å². The van der Waals surface area contributed by atoms with Crippen molar-refractivity contribution >= 4 is 38.3 Å². The van der Waals surface area contributed by atoms with Gasteiger partial charge in [-0.15, -0.1) is 11.3 Å². The lowest BCUT2D eigenvalue weighted by Gasteiger charge is -2.03. The van der Waals surface area contributed by atoms with Gasteiger partial charge in [-0.25, -0.2) is 9.97 Å². The number of alkyl halides is 3. The number of nitrogens with zero attached hydrogens (tertiary/aromatic N) is 2. The Hall–Kier alpha value is -1.48. The molecule has 0 saturated carbocycles. The molecule has 2 rings (SSSR count). The average molecular weight is 366 g/mol. The van der Waals surface area contributed by atoms with E-state index in [1.165, 1.54) is 6.07 Å². The fourth-order valence-corrected chi connectivity index (χ4v) is 2.63. The van der Waals surface area contributed by atoms with Gasteiger partial charge in [0.1, 0.15) is 5.69 Å². The van der Waals surface area contributed by atoms with Gasteiger partial charge in [-0.1, -0.05) is 15.9 Å². The van der Waals surface area contributed by atoms with E-state index in [2.05, 4.69) is 31.2 Å². The number of hydrogen-bond acceptors (Lipinski definition) is 4.